The third kappa shape index (κ3) is 6.25. The van der Waals surface area contributed by atoms with Crippen molar-refractivity contribution in [1.82, 2.24) is 20.9 Å². The highest BCUT2D eigenvalue weighted by atomic mass is 32.2. The van der Waals surface area contributed by atoms with Gasteiger partial charge in [-0.3, -0.25) is 19.3 Å². The number of nitrogens with zero attached hydrogens (tertiary/aromatic N) is 1. The average molecular weight is 537 g/mol. The molecule has 3 atom stereocenters. The van der Waals surface area contributed by atoms with Crippen molar-refractivity contribution in [3.8, 4) is 0 Å². The van der Waals surface area contributed by atoms with Crippen LogP contribution in [0.25, 0.3) is 0 Å². The van der Waals surface area contributed by atoms with Gasteiger partial charge in [0, 0.05) is 23.1 Å². The normalized spacial score (nSPS) is 20.3. The number of β-lactam (4-membered cyclic amide) rings is 1. The van der Waals surface area contributed by atoms with Gasteiger partial charge in [0.15, 0.2) is 0 Å². The minimum absolute atomic E-state index is 0.113. The van der Waals surface area contributed by atoms with Crippen molar-refractivity contribution < 1.29 is 47.0 Å². The average Bonchev–Trinajstić information content (AvgIpc) is 3.31. The number of ether oxygens (including phenoxy) is 1. The van der Waals surface area contributed by atoms with Crippen LogP contribution in [0.5, 0.6) is 0 Å². The Morgan fingerprint density at radius 2 is 2.03 bits per heavy atom. The topological polar surface area (TPSA) is 154 Å². The summed E-state index contributed by atoms with van der Waals surface area (Å²) in [7, 11) is 0. The van der Waals surface area contributed by atoms with Crippen LogP contribution in [0.3, 0.4) is 0 Å². The Balaban J connectivity index is 1.71. The number of thioether (sulfide) groups is 1. The lowest BCUT2D eigenvalue weighted by Crippen LogP contribution is -2.71. The van der Waals surface area contributed by atoms with Crippen molar-refractivity contribution in [2.45, 2.75) is 30.6 Å². The number of fused-ring (bicyclic) bond motifs is 1. The number of carbonyl (C=O) groups is 5. The molecule has 1 aromatic heterocycles. The first-order valence-corrected chi connectivity index (χ1v) is 11.8. The number of hydrogen-bond acceptors (Lipinski definition) is 8. The van der Waals surface area contributed by atoms with Gasteiger partial charge in [-0.15, -0.1) is 23.1 Å². The lowest BCUT2D eigenvalue weighted by atomic mass is 10.0. The first kappa shape index (κ1) is 26.3. The Kier molecular flexibility index (Phi) is 7.94. The maximum Gasteiger partial charge on any atom is 0.405 e. The van der Waals surface area contributed by atoms with Crippen LogP contribution in [0.15, 0.2) is 28.8 Å². The SMILES string of the molecule is CC(=O)OCC1=C(C(=O)O)N2C(=O)[C@H](NC(=O)C(NC(=O)NCC(F)(F)F)c3cccs3)C2SC1. The van der Waals surface area contributed by atoms with Crippen LogP contribution in [0, 0.1) is 0 Å². The maximum atomic E-state index is 12.9. The van der Waals surface area contributed by atoms with Crippen LogP contribution in [0.2, 0.25) is 0 Å². The number of thiophene rings is 1. The number of hydrogen-bond donors (Lipinski definition) is 4. The van der Waals surface area contributed by atoms with Crippen LogP contribution < -0.4 is 16.0 Å². The van der Waals surface area contributed by atoms with Crippen molar-refractivity contribution >= 4 is 52.9 Å². The summed E-state index contributed by atoms with van der Waals surface area (Å²) in [6.07, 6.45) is -4.65. The number of alkyl halides is 3. The molecule has 16 heteroatoms. The minimum atomic E-state index is -4.65. The van der Waals surface area contributed by atoms with E-state index in [1.807, 2.05) is 0 Å². The monoisotopic (exact) mass is 536 g/mol. The number of halogens is 3. The molecule has 0 spiro atoms. The van der Waals surface area contributed by atoms with E-state index < -0.39 is 60.0 Å². The molecule has 4 amide bonds. The molecule has 2 unspecified atom stereocenters. The first-order chi connectivity index (χ1) is 16.4. The van der Waals surface area contributed by atoms with Crippen molar-refractivity contribution in [3.63, 3.8) is 0 Å². The smallest absolute Gasteiger partial charge is 0.405 e. The molecule has 2 aliphatic heterocycles. The Hall–Kier alpha value is -3.27. The molecule has 4 N–H and O–H groups in total. The number of amides is 4. The van der Waals surface area contributed by atoms with Gasteiger partial charge in [0.1, 0.15) is 36.3 Å². The van der Waals surface area contributed by atoms with Gasteiger partial charge in [-0.1, -0.05) is 6.07 Å². The molecule has 0 bridgehead atoms. The summed E-state index contributed by atoms with van der Waals surface area (Å²) in [4.78, 5) is 61.7. The Bertz CT molecular complexity index is 1060. The van der Waals surface area contributed by atoms with Crippen LogP contribution in [0.4, 0.5) is 18.0 Å². The number of rotatable bonds is 8. The molecule has 0 aromatic carbocycles. The van der Waals surface area contributed by atoms with Crippen LogP contribution >= 0.6 is 23.1 Å². The molecule has 0 saturated carbocycles. The van der Waals surface area contributed by atoms with Crippen LogP contribution in [-0.4, -0.2) is 76.3 Å². The van der Waals surface area contributed by atoms with Crippen LogP contribution in [-0.2, 0) is 23.9 Å². The van der Waals surface area contributed by atoms with E-state index in [4.69, 9.17) is 4.74 Å². The van der Waals surface area contributed by atoms with Crippen molar-refractivity contribution in [3.05, 3.63) is 33.7 Å². The summed E-state index contributed by atoms with van der Waals surface area (Å²) in [5.74, 6) is -3.52. The van der Waals surface area contributed by atoms with Crippen LogP contribution in [0.1, 0.15) is 17.8 Å². The molecule has 0 radical (unpaired) electrons. The van der Waals surface area contributed by atoms with E-state index in [-0.39, 0.29) is 23.6 Å². The number of carboxylic acid groups (broad SMARTS) is 1. The highest BCUT2D eigenvalue weighted by molar-refractivity contribution is 8.00. The zero-order chi connectivity index (χ0) is 25.9. The molecular weight excluding hydrogens is 517 g/mol. The van der Waals surface area contributed by atoms with E-state index in [9.17, 15) is 42.3 Å². The van der Waals surface area contributed by atoms with Gasteiger partial charge >= 0.3 is 24.1 Å². The highest BCUT2D eigenvalue weighted by Crippen LogP contribution is 2.40. The van der Waals surface area contributed by atoms with Gasteiger partial charge in [-0.2, -0.15) is 13.2 Å². The standard InChI is InChI=1S/C19H19F3N4O7S2/c1-8(27)33-5-9-6-35-16-12(15(29)26(16)13(9)17(30)31)24-14(28)11(10-3-2-4-34-10)25-18(32)23-7-19(20,21)22/h2-4,11-12,16H,5-7H2,1H3,(H,24,28)(H,30,31)(H2,23,25,32)/t11?,12-,16?/m0/s1. The second kappa shape index (κ2) is 10.6. The predicted octanol–water partition coefficient (Wildman–Crippen LogP) is 0.952. The molecule has 2 aliphatic rings. The van der Waals surface area contributed by atoms with E-state index in [0.29, 0.717) is 4.88 Å². The Labute approximate surface area is 204 Å². The quantitative estimate of drug-likeness (QED) is 0.283. The fraction of sp³-hybridized carbons (Fsp3) is 0.421. The van der Waals surface area contributed by atoms with E-state index in [0.717, 1.165) is 34.9 Å². The molecule has 1 saturated heterocycles. The summed E-state index contributed by atoms with van der Waals surface area (Å²) in [6, 6.07) is -0.726. The number of carbonyl (C=O) groups excluding carboxylic acids is 4. The lowest BCUT2D eigenvalue weighted by molar-refractivity contribution is -0.151. The summed E-state index contributed by atoms with van der Waals surface area (Å²) < 4.78 is 42.0. The lowest BCUT2D eigenvalue weighted by Gasteiger charge is -2.49. The zero-order valence-corrected chi connectivity index (χ0v) is 19.5. The van der Waals surface area contributed by atoms with E-state index >= 15 is 0 Å². The van der Waals surface area contributed by atoms with Gasteiger partial charge in [-0.05, 0) is 11.4 Å². The largest absolute Gasteiger partial charge is 0.477 e. The Morgan fingerprint density at radius 1 is 1.31 bits per heavy atom. The number of urea groups is 1. The van der Waals surface area contributed by atoms with Gasteiger partial charge < -0.3 is 25.8 Å². The molecule has 1 aromatic rings. The zero-order valence-electron chi connectivity index (χ0n) is 17.9. The molecule has 35 heavy (non-hydrogen) atoms. The van der Waals surface area contributed by atoms with Gasteiger partial charge in [0.25, 0.3) is 5.91 Å². The van der Waals surface area contributed by atoms with E-state index in [2.05, 4.69) is 10.6 Å². The summed E-state index contributed by atoms with van der Waals surface area (Å²) in [5.41, 5.74) is -0.128. The molecular formula is C19H19F3N4O7S2. The number of esters is 1. The van der Waals surface area contributed by atoms with Gasteiger partial charge in [-0.25, -0.2) is 9.59 Å². The van der Waals surface area contributed by atoms with E-state index in [1.165, 1.54) is 6.07 Å². The number of carboxylic acids is 1. The second-order valence-corrected chi connectivity index (χ2v) is 9.41. The number of nitrogens with one attached hydrogen (secondary N) is 3. The highest BCUT2D eigenvalue weighted by Gasteiger charge is 2.54. The third-order valence-corrected chi connectivity index (χ3v) is 7.09. The van der Waals surface area contributed by atoms with Crippen molar-refractivity contribution in [1.29, 1.82) is 0 Å². The summed E-state index contributed by atoms with van der Waals surface area (Å²) in [5, 5.41) is 16.6. The minimum Gasteiger partial charge on any atom is -0.477 e. The van der Waals surface area contributed by atoms with Gasteiger partial charge in [0.2, 0.25) is 5.91 Å². The number of aliphatic carboxylic acids is 1. The summed E-state index contributed by atoms with van der Waals surface area (Å²) >= 11 is 2.20. The van der Waals surface area contributed by atoms with Gasteiger partial charge in [0.05, 0.1) is 0 Å². The maximum absolute atomic E-state index is 12.9. The first-order valence-electron chi connectivity index (χ1n) is 9.87. The molecule has 190 valence electrons. The molecule has 3 rings (SSSR count). The predicted molar refractivity (Wildman–Crippen MR) is 116 cm³/mol. The fourth-order valence-corrected chi connectivity index (χ4v) is 5.40. The molecule has 11 nitrogen and oxygen atoms in total. The molecule has 1 fully saturated rings. The fourth-order valence-electron chi connectivity index (χ4n) is 3.30. The third-order valence-electron chi connectivity index (χ3n) is 4.81. The van der Waals surface area contributed by atoms with Crippen molar-refractivity contribution in [2.24, 2.45) is 0 Å². The molecule has 3 heterocycles. The Morgan fingerprint density at radius 3 is 2.60 bits per heavy atom. The second-order valence-electron chi connectivity index (χ2n) is 7.32. The summed E-state index contributed by atoms with van der Waals surface area (Å²) in [6.45, 7) is -0.761. The molecule has 0 aliphatic carbocycles. The van der Waals surface area contributed by atoms with E-state index in [1.54, 1.807) is 16.8 Å². The van der Waals surface area contributed by atoms with Crippen molar-refractivity contribution in [2.75, 3.05) is 18.9 Å².